The Kier molecular flexibility index (Phi) is 4.85. The maximum absolute atomic E-state index is 12.1. The van der Waals surface area contributed by atoms with Gasteiger partial charge in [0.1, 0.15) is 5.92 Å². The van der Waals surface area contributed by atoms with E-state index < -0.39 is 5.92 Å². The highest BCUT2D eigenvalue weighted by molar-refractivity contribution is 9.10. The van der Waals surface area contributed by atoms with Gasteiger partial charge in [-0.25, -0.2) is 0 Å². The Balaban J connectivity index is 2.03. The highest BCUT2D eigenvalue weighted by Crippen LogP contribution is 2.16. The van der Waals surface area contributed by atoms with E-state index in [2.05, 4.69) is 26.2 Å². The lowest BCUT2D eigenvalue weighted by Crippen LogP contribution is -2.23. The zero-order valence-corrected chi connectivity index (χ0v) is 12.2. The lowest BCUT2D eigenvalue weighted by molar-refractivity contribution is -0.118. The summed E-state index contributed by atoms with van der Waals surface area (Å²) in [5.41, 5.74) is 1.59. The third-order valence-corrected chi connectivity index (χ3v) is 3.30. The normalized spacial score (nSPS) is 11.4. The van der Waals surface area contributed by atoms with E-state index in [-0.39, 0.29) is 5.91 Å². The molecule has 0 aliphatic rings. The van der Waals surface area contributed by atoms with Gasteiger partial charge in [-0.15, -0.1) is 0 Å². The molecule has 0 saturated heterocycles. The van der Waals surface area contributed by atoms with Crippen molar-refractivity contribution in [2.45, 2.75) is 6.42 Å². The molecule has 1 aromatic carbocycles. The third-order valence-electron chi connectivity index (χ3n) is 2.77. The van der Waals surface area contributed by atoms with Gasteiger partial charge in [0, 0.05) is 22.6 Å². The summed E-state index contributed by atoms with van der Waals surface area (Å²) in [6, 6.07) is 12.9. The zero-order valence-electron chi connectivity index (χ0n) is 10.6. The Bertz CT molecular complexity index is 620. The molecule has 2 rings (SSSR count). The molecule has 1 atom stereocenters. The lowest BCUT2D eigenvalue weighted by atomic mass is 10.0. The molecule has 1 N–H and O–H groups in total. The monoisotopic (exact) mass is 329 g/mol. The average molecular weight is 330 g/mol. The maximum Gasteiger partial charge on any atom is 0.242 e. The minimum absolute atomic E-state index is 0.299. The lowest BCUT2D eigenvalue weighted by Gasteiger charge is -2.10. The number of nitrogens with zero attached hydrogens (tertiary/aromatic N) is 2. The van der Waals surface area contributed by atoms with Crippen molar-refractivity contribution < 1.29 is 4.79 Å². The van der Waals surface area contributed by atoms with Gasteiger partial charge in [0.05, 0.1) is 6.07 Å². The highest BCUT2D eigenvalue weighted by Gasteiger charge is 2.18. The second kappa shape index (κ2) is 6.83. The molecular weight excluding hydrogens is 318 g/mol. The van der Waals surface area contributed by atoms with E-state index in [1.165, 1.54) is 0 Å². The van der Waals surface area contributed by atoms with E-state index >= 15 is 0 Å². The summed E-state index contributed by atoms with van der Waals surface area (Å²) < 4.78 is 0.934. The number of rotatable bonds is 4. The Morgan fingerprint density at radius 2 is 1.90 bits per heavy atom. The van der Waals surface area contributed by atoms with Crippen molar-refractivity contribution in [2.75, 3.05) is 5.32 Å². The second-order valence-corrected chi connectivity index (χ2v) is 5.15. The van der Waals surface area contributed by atoms with Crippen molar-refractivity contribution in [2.24, 2.45) is 5.92 Å². The predicted molar refractivity (Wildman–Crippen MR) is 79.8 cm³/mol. The summed E-state index contributed by atoms with van der Waals surface area (Å²) in [6.07, 6.45) is 3.67. The quantitative estimate of drug-likeness (QED) is 0.936. The van der Waals surface area contributed by atoms with Crippen LogP contribution >= 0.6 is 15.9 Å². The Morgan fingerprint density at radius 3 is 2.50 bits per heavy atom. The number of hydrogen-bond acceptors (Lipinski definition) is 3. The van der Waals surface area contributed by atoms with E-state index in [0.717, 1.165) is 10.0 Å². The number of pyridine rings is 1. The van der Waals surface area contributed by atoms with Gasteiger partial charge in [-0.1, -0.05) is 15.9 Å². The molecule has 20 heavy (non-hydrogen) atoms. The molecule has 0 saturated carbocycles. The zero-order chi connectivity index (χ0) is 14.4. The number of anilines is 1. The molecule has 1 heterocycles. The fraction of sp³-hybridized carbons (Fsp3) is 0.133. The first-order valence-electron chi connectivity index (χ1n) is 6.04. The van der Waals surface area contributed by atoms with Crippen LogP contribution < -0.4 is 5.32 Å². The van der Waals surface area contributed by atoms with Gasteiger partial charge in [-0.3, -0.25) is 9.78 Å². The number of carbonyl (C=O) groups excluding carboxylic acids is 1. The molecular formula is C15H12BrN3O. The molecule has 0 unspecified atom stereocenters. The van der Waals surface area contributed by atoms with Crippen LogP contribution in [0.2, 0.25) is 0 Å². The number of amides is 1. The topological polar surface area (TPSA) is 65.8 Å². The first kappa shape index (κ1) is 14.2. The van der Waals surface area contributed by atoms with Crippen LogP contribution in [0, 0.1) is 17.2 Å². The van der Waals surface area contributed by atoms with Crippen LogP contribution in [-0.4, -0.2) is 10.9 Å². The van der Waals surface area contributed by atoms with Gasteiger partial charge in [0.2, 0.25) is 5.91 Å². The van der Waals surface area contributed by atoms with E-state index in [0.29, 0.717) is 12.1 Å². The molecule has 0 aliphatic carbocycles. The van der Waals surface area contributed by atoms with Gasteiger partial charge >= 0.3 is 0 Å². The minimum atomic E-state index is -0.721. The SMILES string of the molecule is N#C[C@H](Cc1ccncc1)C(=O)Nc1ccc(Br)cc1. The first-order valence-corrected chi connectivity index (χ1v) is 6.83. The molecule has 0 bridgehead atoms. The maximum atomic E-state index is 12.1. The van der Waals surface area contributed by atoms with Gasteiger partial charge < -0.3 is 5.32 Å². The molecule has 2 aromatic rings. The number of aromatic nitrogens is 1. The van der Waals surface area contributed by atoms with Crippen LogP contribution in [0.3, 0.4) is 0 Å². The van der Waals surface area contributed by atoms with Crippen LogP contribution in [0.15, 0.2) is 53.3 Å². The fourth-order valence-electron chi connectivity index (χ4n) is 1.71. The molecule has 100 valence electrons. The molecule has 0 radical (unpaired) electrons. The summed E-state index contributed by atoms with van der Waals surface area (Å²) in [6.45, 7) is 0. The van der Waals surface area contributed by atoms with Gasteiger partial charge in [0.15, 0.2) is 0 Å². The van der Waals surface area contributed by atoms with Crippen molar-refractivity contribution in [3.05, 3.63) is 58.8 Å². The fourth-order valence-corrected chi connectivity index (χ4v) is 1.98. The van der Waals surface area contributed by atoms with E-state index in [4.69, 9.17) is 5.26 Å². The summed E-state index contributed by atoms with van der Waals surface area (Å²) in [5.74, 6) is -1.02. The van der Waals surface area contributed by atoms with Crippen LogP contribution in [0.25, 0.3) is 0 Å². The summed E-state index contributed by atoms with van der Waals surface area (Å²) in [5, 5.41) is 11.9. The number of hydrogen-bond donors (Lipinski definition) is 1. The number of benzene rings is 1. The van der Waals surface area contributed by atoms with Gasteiger partial charge in [-0.05, 0) is 48.4 Å². The first-order chi connectivity index (χ1) is 9.69. The molecule has 5 heteroatoms. The molecule has 1 aromatic heterocycles. The van der Waals surface area contributed by atoms with Crippen molar-refractivity contribution in [3.8, 4) is 6.07 Å². The van der Waals surface area contributed by atoms with Crippen molar-refractivity contribution in [3.63, 3.8) is 0 Å². The largest absolute Gasteiger partial charge is 0.325 e. The summed E-state index contributed by atoms with van der Waals surface area (Å²) >= 11 is 3.33. The van der Waals surface area contributed by atoms with Crippen molar-refractivity contribution in [1.82, 2.24) is 4.98 Å². The van der Waals surface area contributed by atoms with Crippen LogP contribution in [-0.2, 0) is 11.2 Å². The van der Waals surface area contributed by atoms with Crippen LogP contribution in [0.5, 0.6) is 0 Å². The molecule has 4 nitrogen and oxygen atoms in total. The van der Waals surface area contributed by atoms with Gasteiger partial charge in [0.25, 0.3) is 0 Å². The smallest absolute Gasteiger partial charge is 0.242 e. The van der Waals surface area contributed by atoms with Crippen LogP contribution in [0.4, 0.5) is 5.69 Å². The van der Waals surface area contributed by atoms with Crippen LogP contribution in [0.1, 0.15) is 5.56 Å². The van der Waals surface area contributed by atoms with E-state index in [9.17, 15) is 4.79 Å². The second-order valence-electron chi connectivity index (χ2n) is 4.24. The Labute approximate surface area is 125 Å². The highest BCUT2D eigenvalue weighted by atomic mass is 79.9. The summed E-state index contributed by atoms with van der Waals surface area (Å²) in [4.78, 5) is 16.0. The molecule has 0 aliphatic heterocycles. The van der Waals surface area contributed by atoms with E-state index in [1.54, 1.807) is 36.7 Å². The molecule has 0 fully saturated rings. The number of carbonyl (C=O) groups is 1. The third kappa shape index (κ3) is 3.90. The Hall–Kier alpha value is -2.19. The average Bonchev–Trinajstić information content (AvgIpc) is 2.48. The van der Waals surface area contributed by atoms with E-state index in [1.807, 2.05) is 18.2 Å². The number of halogens is 1. The van der Waals surface area contributed by atoms with Gasteiger partial charge in [-0.2, -0.15) is 5.26 Å². The predicted octanol–water partition coefficient (Wildman–Crippen LogP) is 3.17. The number of nitriles is 1. The summed E-state index contributed by atoms with van der Waals surface area (Å²) in [7, 11) is 0. The minimum Gasteiger partial charge on any atom is -0.325 e. The van der Waals surface area contributed by atoms with Crippen molar-refractivity contribution >= 4 is 27.5 Å². The Morgan fingerprint density at radius 1 is 1.25 bits per heavy atom. The standard InChI is InChI=1S/C15H12BrN3O/c16-13-1-3-14(4-2-13)19-15(20)12(10-17)9-11-5-7-18-8-6-11/h1-8,12H,9H2,(H,19,20)/t12-/m0/s1. The molecule has 0 spiro atoms. The van der Waals surface area contributed by atoms with Crippen molar-refractivity contribution in [1.29, 1.82) is 5.26 Å². The molecule has 1 amide bonds. The number of nitrogens with one attached hydrogen (secondary N) is 1.